The van der Waals surface area contributed by atoms with Crippen molar-refractivity contribution in [3.8, 4) is 0 Å². The molecule has 6 heteroatoms. The number of aromatic amines is 1. The van der Waals surface area contributed by atoms with Gasteiger partial charge >= 0.3 is 0 Å². The largest absolute Gasteiger partial charge is 0.393 e. The number of rotatable bonds is 4. The zero-order valence-electron chi connectivity index (χ0n) is 21.2. The van der Waals surface area contributed by atoms with E-state index in [0.29, 0.717) is 45.9 Å². The highest BCUT2D eigenvalue weighted by Gasteiger charge is 2.62. The van der Waals surface area contributed by atoms with Crippen LogP contribution in [0.25, 0.3) is 10.9 Å². The predicted octanol–water partition coefficient (Wildman–Crippen LogP) is 4.63. The van der Waals surface area contributed by atoms with E-state index < -0.39 is 0 Å². The van der Waals surface area contributed by atoms with Crippen molar-refractivity contribution < 1.29 is 10.2 Å². The number of nitrogens with one attached hydrogen (secondary N) is 1. The van der Waals surface area contributed by atoms with Gasteiger partial charge < -0.3 is 15.2 Å². The standard InChI is InChI=1S/C29H41N3O3/c1-28-12-9-22-26(24(34)15-18-14-19(33)8-11-29(18,22)2)21(28)7-6-17(28)4-3-5-25-31-23-16-30-13-10-20(23)27(35)32-25/h10,13,16-19,21-22,24,26,33-34H,3-9,11-12,14-15H2,1-2H3,(H,31,32,35)/t17?,18?,19-,21?,22?,24?,26?,28?,29?/m1/s1. The normalized spacial score (nSPS) is 42.9. The molecule has 4 aliphatic carbocycles. The summed E-state index contributed by atoms with van der Waals surface area (Å²) < 4.78 is 0. The van der Waals surface area contributed by atoms with E-state index >= 15 is 0 Å². The summed E-state index contributed by atoms with van der Waals surface area (Å²) in [6.07, 6.45) is 14.6. The van der Waals surface area contributed by atoms with Gasteiger partial charge in [-0.1, -0.05) is 13.8 Å². The van der Waals surface area contributed by atoms with E-state index in [-0.39, 0.29) is 23.2 Å². The van der Waals surface area contributed by atoms with Crippen molar-refractivity contribution in [3.63, 3.8) is 0 Å². The van der Waals surface area contributed by atoms with Crippen LogP contribution in [0.15, 0.2) is 23.3 Å². The number of aryl methyl sites for hydroxylation is 1. The zero-order chi connectivity index (χ0) is 24.4. The summed E-state index contributed by atoms with van der Waals surface area (Å²) in [5, 5.41) is 22.3. The minimum atomic E-state index is -0.216. The molecule has 35 heavy (non-hydrogen) atoms. The van der Waals surface area contributed by atoms with Crippen molar-refractivity contribution in [2.45, 2.75) is 96.7 Å². The molecule has 6 rings (SSSR count). The number of aliphatic hydroxyl groups is 2. The first-order valence-corrected chi connectivity index (χ1v) is 14.0. The van der Waals surface area contributed by atoms with Crippen LogP contribution in [0.1, 0.15) is 83.9 Å². The summed E-state index contributed by atoms with van der Waals surface area (Å²) in [5.41, 5.74) is 1.18. The Morgan fingerprint density at radius 3 is 2.71 bits per heavy atom. The number of hydrogen-bond acceptors (Lipinski definition) is 5. The van der Waals surface area contributed by atoms with Gasteiger partial charge in [0.2, 0.25) is 0 Å². The second-order valence-electron chi connectivity index (χ2n) is 12.8. The highest BCUT2D eigenvalue weighted by atomic mass is 16.3. The van der Waals surface area contributed by atoms with Gasteiger partial charge in [0.15, 0.2) is 0 Å². The third-order valence-electron chi connectivity index (χ3n) is 11.4. The minimum absolute atomic E-state index is 0.0769. The lowest BCUT2D eigenvalue weighted by molar-refractivity contribution is -0.172. The molecule has 2 heterocycles. The third kappa shape index (κ3) is 3.78. The molecule has 0 saturated heterocycles. The van der Waals surface area contributed by atoms with Crippen molar-refractivity contribution >= 4 is 10.9 Å². The molecule has 190 valence electrons. The second kappa shape index (κ2) is 8.65. The van der Waals surface area contributed by atoms with Crippen LogP contribution in [0.3, 0.4) is 0 Å². The maximum atomic E-state index is 12.4. The highest BCUT2D eigenvalue weighted by molar-refractivity contribution is 5.75. The van der Waals surface area contributed by atoms with Crippen molar-refractivity contribution in [3.05, 3.63) is 34.6 Å². The molecule has 4 saturated carbocycles. The van der Waals surface area contributed by atoms with Crippen LogP contribution in [-0.2, 0) is 6.42 Å². The van der Waals surface area contributed by atoms with E-state index in [1.807, 2.05) is 0 Å². The summed E-state index contributed by atoms with van der Waals surface area (Å²) in [7, 11) is 0. The molecule has 3 N–H and O–H groups in total. The van der Waals surface area contributed by atoms with E-state index in [0.717, 1.165) is 50.8 Å². The van der Waals surface area contributed by atoms with Gasteiger partial charge in [-0.15, -0.1) is 0 Å². The number of aliphatic hydroxyl groups excluding tert-OH is 2. The second-order valence-corrected chi connectivity index (χ2v) is 12.8. The van der Waals surface area contributed by atoms with Crippen molar-refractivity contribution in [2.75, 3.05) is 0 Å². The summed E-state index contributed by atoms with van der Waals surface area (Å²) in [6.45, 7) is 4.99. The van der Waals surface area contributed by atoms with Crippen LogP contribution in [0, 0.1) is 40.4 Å². The molecule has 8 unspecified atom stereocenters. The summed E-state index contributed by atoms with van der Waals surface area (Å²) in [5.74, 6) is 3.53. The van der Waals surface area contributed by atoms with Gasteiger partial charge in [-0.3, -0.25) is 9.78 Å². The topological polar surface area (TPSA) is 99.1 Å². The lowest BCUT2D eigenvalue weighted by Crippen LogP contribution is -2.58. The average molecular weight is 480 g/mol. The predicted molar refractivity (Wildman–Crippen MR) is 136 cm³/mol. The minimum Gasteiger partial charge on any atom is -0.393 e. The Labute approximate surface area is 208 Å². The molecule has 0 amide bonds. The molecule has 0 radical (unpaired) electrons. The van der Waals surface area contributed by atoms with Crippen LogP contribution >= 0.6 is 0 Å². The van der Waals surface area contributed by atoms with Crippen molar-refractivity contribution in [2.24, 2.45) is 40.4 Å². The van der Waals surface area contributed by atoms with E-state index in [1.165, 1.54) is 25.7 Å². The number of fused-ring (bicyclic) bond motifs is 6. The Morgan fingerprint density at radius 2 is 1.86 bits per heavy atom. The summed E-state index contributed by atoms with van der Waals surface area (Å²) >= 11 is 0. The number of hydrogen-bond donors (Lipinski definition) is 3. The molecule has 0 aliphatic heterocycles. The van der Waals surface area contributed by atoms with E-state index in [4.69, 9.17) is 0 Å². The molecule has 9 atom stereocenters. The third-order valence-corrected chi connectivity index (χ3v) is 11.4. The lowest BCUT2D eigenvalue weighted by Gasteiger charge is -2.62. The monoisotopic (exact) mass is 479 g/mol. The van der Waals surface area contributed by atoms with Gasteiger partial charge in [0.1, 0.15) is 5.82 Å². The molecular formula is C29H41N3O3. The molecule has 0 aromatic carbocycles. The Kier molecular flexibility index (Phi) is 5.84. The average Bonchev–Trinajstić information content (AvgIpc) is 3.16. The SMILES string of the molecule is CC12CCC3C(C(O)CC4C[C@H](O)CCC43C)C1CCC2CCCc1nc2cnccc2c(=O)[nH]1. The van der Waals surface area contributed by atoms with Gasteiger partial charge in [0.05, 0.1) is 29.3 Å². The number of nitrogens with zero attached hydrogens (tertiary/aromatic N) is 2. The maximum Gasteiger partial charge on any atom is 0.258 e. The van der Waals surface area contributed by atoms with Gasteiger partial charge in [-0.25, -0.2) is 4.98 Å². The Hall–Kier alpha value is -1.79. The zero-order valence-corrected chi connectivity index (χ0v) is 21.2. The number of aromatic nitrogens is 3. The molecule has 2 aromatic heterocycles. The van der Waals surface area contributed by atoms with Gasteiger partial charge in [0.25, 0.3) is 5.56 Å². The van der Waals surface area contributed by atoms with Gasteiger partial charge in [0, 0.05) is 12.6 Å². The first kappa shape index (κ1) is 23.6. The Morgan fingerprint density at radius 1 is 1.06 bits per heavy atom. The molecule has 4 aliphatic rings. The number of H-pyrrole nitrogens is 1. The van der Waals surface area contributed by atoms with Gasteiger partial charge in [-0.05, 0) is 111 Å². The van der Waals surface area contributed by atoms with Crippen LogP contribution < -0.4 is 5.56 Å². The smallest absolute Gasteiger partial charge is 0.258 e. The number of pyridine rings is 1. The fraction of sp³-hybridized carbons (Fsp3) is 0.759. The first-order valence-electron chi connectivity index (χ1n) is 14.0. The molecule has 0 bridgehead atoms. The fourth-order valence-electron chi connectivity index (χ4n) is 9.46. The summed E-state index contributed by atoms with van der Waals surface area (Å²) in [4.78, 5) is 24.1. The van der Waals surface area contributed by atoms with E-state index in [1.54, 1.807) is 18.5 Å². The van der Waals surface area contributed by atoms with Crippen LogP contribution in [0.4, 0.5) is 0 Å². The molecule has 2 aromatic rings. The Balaban J connectivity index is 1.15. The molecule has 4 fully saturated rings. The quantitative estimate of drug-likeness (QED) is 0.594. The van der Waals surface area contributed by atoms with Crippen LogP contribution in [0.2, 0.25) is 0 Å². The van der Waals surface area contributed by atoms with Crippen molar-refractivity contribution in [1.82, 2.24) is 15.0 Å². The molecule has 0 spiro atoms. The Bertz CT molecular complexity index is 1150. The molecular weight excluding hydrogens is 438 g/mol. The summed E-state index contributed by atoms with van der Waals surface area (Å²) in [6, 6.07) is 1.72. The first-order chi connectivity index (χ1) is 16.8. The molecule has 6 nitrogen and oxygen atoms in total. The lowest BCUT2D eigenvalue weighted by atomic mass is 9.44. The van der Waals surface area contributed by atoms with E-state index in [2.05, 4.69) is 28.8 Å². The van der Waals surface area contributed by atoms with Gasteiger partial charge in [-0.2, -0.15) is 0 Å². The van der Waals surface area contributed by atoms with E-state index in [9.17, 15) is 15.0 Å². The van der Waals surface area contributed by atoms with Crippen molar-refractivity contribution in [1.29, 1.82) is 0 Å². The maximum absolute atomic E-state index is 12.4. The van der Waals surface area contributed by atoms with Crippen LogP contribution in [0.5, 0.6) is 0 Å². The highest BCUT2D eigenvalue weighted by Crippen LogP contribution is 2.67. The fourth-order valence-corrected chi connectivity index (χ4v) is 9.46. The van der Waals surface area contributed by atoms with Crippen LogP contribution in [-0.4, -0.2) is 37.4 Å².